The Morgan fingerprint density at radius 3 is 2.65 bits per heavy atom. The second-order valence-electron chi connectivity index (χ2n) is 7.02. The van der Waals surface area contributed by atoms with Crippen LogP contribution in [0.5, 0.6) is 0 Å². The summed E-state index contributed by atoms with van der Waals surface area (Å²) in [6.07, 6.45) is 0.601. The Hall–Kier alpha value is -1.47. The number of unbranched alkanes of at least 4 members (excludes halogenated alkanes) is 1. The van der Waals surface area contributed by atoms with Gasteiger partial charge in [-0.3, -0.25) is 4.79 Å². The zero-order valence-corrected chi connectivity index (χ0v) is 15.8. The van der Waals surface area contributed by atoms with Crippen molar-refractivity contribution in [2.75, 3.05) is 20.3 Å². The van der Waals surface area contributed by atoms with E-state index in [2.05, 4.69) is 0 Å². The highest BCUT2D eigenvalue weighted by molar-refractivity contribution is 5.73. The van der Waals surface area contributed by atoms with Crippen molar-refractivity contribution in [2.45, 2.75) is 57.7 Å². The molecule has 1 aliphatic rings. The first kappa shape index (κ1) is 20.8. The average molecular weight is 366 g/mol. The Morgan fingerprint density at radius 1 is 1.31 bits per heavy atom. The van der Waals surface area contributed by atoms with Crippen LogP contribution in [0.15, 0.2) is 30.3 Å². The maximum absolute atomic E-state index is 12.1. The molecule has 1 fully saturated rings. The van der Waals surface area contributed by atoms with Crippen LogP contribution in [0.25, 0.3) is 0 Å². The molecule has 0 saturated carbocycles. The summed E-state index contributed by atoms with van der Waals surface area (Å²) in [6, 6.07) is 9.99. The third-order valence-corrected chi connectivity index (χ3v) is 4.49. The van der Waals surface area contributed by atoms with E-state index in [0.29, 0.717) is 19.6 Å². The molecule has 1 saturated heterocycles. The van der Waals surface area contributed by atoms with E-state index in [1.165, 1.54) is 7.11 Å². The van der Waals surface area contributed by atoms with E-state index in [1.807, 2.05) is 30.3 Å². The third-order valence-electron chi connectivity index (χ3n) is 4.49. The van der Waals surface area contributed by atoms with Gasteiger partial charge in [0.1, 0.15) is 6.10 Å². The Balaban J connectivity index is 1.73. The highest BCUT2D eigenvalue weighted by atomic mass is 16.7. The van der Waals surface area contributed by atoms with Gasteiger partial charge in [-0.25, -0.2) is 0 Å². The summed E-state index contributed by atoms with van der Waals surface area (Å²) in [5, 5.41) is 10.6. The monoisotopic (exact) mass is 366 g/mol. The number of hydrogen-bond donors (Lipinski definition) is 1. The minimum Gasteiger partial charge on any atom is -0.469 e. The van der Waals surface area contributed by atoms with Crippen molar-refractivity contribution >= 4 is 5.97 Å². The van der Waals surface area contributed by atoms with E-state index >= 15 is 0 Å². The van der Waals surface area contributed by atoms with Crippen LogP contribution in [0.3, 0.4) is 0 Å². The molecule has 0 aliphatic carbocycles. The van der Waals surface area contributed by atoms with Crippen LogP contribution in [-0.2, 0) is 30.3 Å². The molecule has 6 nitrogen and oxygen atoms in total. The van der Waals surface area contributed by atoms with Crippen LogP contribution in [-0.4, -0.2) is 49.4 Å². The van der Waals surface area contributed by atoms with Crippen LogP contribution < -0.4 is 0 Å². The molecule has 3 atom stereocenters. The smallest absolute Gasteiger partial charge is 0.311 e. The van der Waals surface area contributed by atoms with Gasteiger partial charge in [-0.1, -0.05) is 36.8 Å². The first-order valence-corrected chi connectivity index (χ1v) is 9.12. The number of esters is 1. The summed E-state index contributed by atoms with van der Waals surface area (Å²) < 4.78 is 21.7. The van der Waals surface area contributed by atoms with Crippen molar-refractivity contribution in [1.82, 2.24) is 0 Å². The Labute approximate surface area is 155 Å². The number of aliphatic hydroxyl groups excluding tert-OH is 1. The lowest BCUT2D eigenvalue weighted by atomic mass is 9.92. The van der Waals surface area contributed by atoms with Crippen LogP contribution >= 0.6 is 0 Å². The molecule has 0 bridgehead atoms. The lowest BCUT2D eigenvalue weighted by Crippen LogP contribution is -2.40. The maximum Gasteiger partial charge on any atom is 0.311 e. The quantitative estimate of drug-likeness (QED) is 0.507. The highest BCUT2D eigenvalue weighted by Gasteiger charge is 2.42. The summed E-state index contributed by atoms with van der Waals surface area (Å²) in [7, 11) is 1.33. The second-order valence-corrected chi connectivity index (χ2v) is 7.02. The van der Waals surface area contributed by atoms with Gasteiger partial charge in [0.05, 0.1) is 32.3 Å². The molecule has 1 aliphatic heterocycles. The summed E-state index contributed by atoms with van der Waals surface area (Å²) >= 11 is 0. The molecule has 2 unspecified atom stereocenters. The molecule has 6 heteroatoms. The molecular formula is C20H30O6. The summed E-state index contributed by atoms with van der Waals surface area (Å²) in [5.74, 6) is -1.79. The summed E-state index contributed by atoms with van der Waals surface area (Å²) in [6.45, 7) is 5.02. The number of methoxy groups -OCH3 is 1. The van der Waals surface area contributed by atoms with E-state index in [4.69, 9.17) is 18.9 Å². The predicted molar refractivity (Wildman–Crippen MR) is 96.4 cm³/mol. The minimum absolute atomic E-state index is 0.266. The standard InChI is InChI=1S/C20H30O6/c1-20(2)25-14-17(26-20)18(21)16(19(22)23-3)11-7-8-12-24-13-15-9-5-4-6-10-15/h4-6,9-10,16-18,21H,7-8,11-14H2,1-3H3/t16?,17-,18?/m1/s1. The number of hydrogen-bond acceptors (Lipinski definition) is 6. The second kappa shape index (κ2) is 10.0. The van der Waals surface area contributed by atoms with E-state index in [1.54, 1.807) is 13.8 Å². The van der Waals surface area contributed by atoms with Gasteiger partial charge in [0, 0.05) is 6.61 Å². The van der Waals surface area contributed by atoms with Crippen molar-refractivity contribution in [3.8, 4) is 0 Å². The first-order chi connectivity index (χ1) is 12.4. The zero-order chi connectivity index (χ0) is 19.0. The highest BCUT2D eigenvalue weighted by Crippen LogP contribution is 2.28. The fourth-order valence-electron chi connectivity index (χ4n) is 3.05. The van der Waals surface area contributed by atoms with Gasteiger partial charge in [-0.15, -0.1) is 0 Å². The Morgan fingerprint density at radius 2 is 2.04 bits per heavy atom. The Kier molecular flexibility index (Phi) is 8.03. The molecule has 0 amide bonds. The number of aliphatic hydroxyl groups is 1. The van der Waals surface area contributed by atoms with Crippen LogP contribution in [0.2, 0.25) is 0 Å². The van der Waals surface area contributed by atoms with Crippen LogP contribution in [0.1, 0.15) is 38.7 Å². The lowest BCUT2D eigenvalue weighted by molar-refractivity contribution is -0.167. The van der Waals surface area contributed by atoms with E-state index < -0.39 is 29.9 Å². The number of carbonyl (C=O) groups is 1. The van der Waals surface area contributed by atoms with E-state index in [9.17, 15) is 9.90 Å². The molecule has 0 spiro atoms. The SMILES string of the molecule is COC(=O)C(CCCCOCc1ccccc1)C(O)[C@H]1COC(C)(C)O1. The van der Waals surface area contributed by atoms with Gasteiger partial charge in [0.2, 0.25) is 0 Å². The summed E-state index contributed by atoms with van der Waals surface area (Å²) in [5.41, 5.74) is 1.14. The molecular weight excluding hydrogens is 336 g/mol. The first-order valence-electron chi connectivity index (χ1n) is 9.12. The zero-order valence-electron chi connectivity index (χ0n) is 15.8. The number of rotatable bonds is 10. The third kappa shape index (κ3) is 6.36. The van der Waals surface area contributed by atoms with Gasteiger partial charge in [-0.05, 0) is 32.3 Å². The van der Waals surface area contributed by atoms with Gasteiger partial charge >= 0.3 is 5.97 Å². The number of carbonyl (C=O) groups excluding carboxylic acids is 1. The molecule has 2 rings (SSSR count). The largest absolute Gasteiger partial charge is 0.469 e. The number of ether oxygens (including phenoxy) is 4. The molecule has 1 heterocycles. The molecule has 26 heavy (non-hydrogen) atoms. The molecule has 1 aromatic carbocycles. The molecule has 0 aromatic heterocycles. The van der Waals surface area contributed by atoms with Crippen molar-refractivity contribution in [3.63, 3.8) is 0 Å². The van der Waals surface area contributed by atoms with Crippen molar-refractivity contribution in [2.24, 2.45) is 5.92 Å². The number of benzene rings is 1. The maximum atomic E-state index is 12.1. The predicted octanol–water partition coefficient (Wildman–Crippen LogP) is 2.68. The summed E-state index contributed by atoms with van der Waals surface area (Å²) in [4.78, 5) is 12.1. The fourth-order valence-corrected chi connectivity index (χ4v) is 3.05. The van der Waals surface area contributed by atoms with E-state index in [0.717, 1.165) is 18.4 Å². The van der Waals surface area contributed by atoms with E-state index in [-0.39, 0.29) is 6.61 Å². The van der Waals surface area contributed by atoms with Gasteiger partial charge in [-0.2, -0.15) is 0 Å². The van der Waals surface area contributed by atoms with Crippen molar-refractivity contribution in [1.29, 1.82) is 0 Å². The molecule has 146 valence electrons. The Bertz CT molecular complexity index is 544. The lowest BCUT2D eigenvalue weighted by Gasteiger charge is -2.25. The fraction of sp³-hybridized carbons (Fsp3) is 0.650. The van der Waals surface area contributed by atoms with Crippen LogP contribution in [0.4, 0.5) is 0 Å². The molecule has 1 N–H and O–H groups in total. The van der Waals surface area contributed by atoms with Crippen molar-refractivity contribution < 1.29 is 28.8 Å². The van der Waals surface area contributed by atoms with Gasteiger partial charge in [0.15, 0.2) is 5.79 Å². The van der Waals surface area contributed by atoms with Gasteiger partial charge < -0.3 is 24.1 Å². The van der Waals surface area contributed by atoms with Crippen LogP contribution in [0, 0.1) is 5.92 Å². The average Bonchev–Trinajstić information content (AvgIpc) is 3.01. The molecule has 1 aromatic rings. The normalized spacial score (nSPS) is 21.3. The van der Waals surface area contributed by atoms with Gasteiger partial charge in [0.25, 0.3) is 0 Å². The topological polar surface area (TPSA) is 74.2 Å². The molecule has 0 radical (unpaired) electrons. The minimum atomic E-state index is -0.950. The van der Waals surface area contributed by atoms with Crippen molar-refractivity contribution in [3.05, 3.63) is 35.9 Å².